The summed E-state index contributed by atoms with van der Waals surface area (Å²) in [6, 6.07) is 2.24. The molecule has 2 rings (SSSR count). The van der Waals surface area contributed by atoms with Gasteiger partial charge in [-0.05, 0) is 52.7 Å². The molecule has 2 N–H and O–H groups in total. The third-order valence-electron chi connectivity index (χ3n) is 4.88. The molecule has 0 aromatic carbocycles. The molecule has 0 amide bonds. The van der Waals surface area contributed by atoms with Crippen LogP contribution in [0.5, 0.6) is 0 Å². The first-order chi connectivity index (χ1) is 8.72. The van der Waals surface area contributed by atoms with Crippen molar-refractivity contribution in [3.05, 3.63) is 0 Å². The van der Waals surface area contributed by atoms with Crippen molar-refractivity contribution < 1.29 is 0 Å². The molecule has 3 heteroatoms. The van der Waals surface area contributed by atoms with Crippen LogP contribution in [0.4, 0.5) is 0 Å². The van der Waals surface area contributed by atoms with Gasteiger partial charge in [-0.15, -0.1) is 0 Å². The molecule has 106 valence electrons. The van der Waals surface area contributed by atoms with Crippen LogP contribution in [0, 0.1) is 0 Å². The zero-order valence-electron chi connectivity index (χ0n) is 12.3. The van der Waals surface area contributed by atoms with Gasteiger partial charge in [-0.1, -0.05) is 19.3 Å². The Balaban J connectivity index is 2.08. The fourth-order valence-electron chi connectivity index (χ4n) is 3.93. The Kier molecular flexibility index (Phi) is 5.46. The van der Waals surface area contributed by atoms with Crippen molar-refractivity contribution in [1.82, 2.24) is 9.80 Å². The monoisotopic (exact) mass is 253 g/mol. The van der Waals surface area contributed by atoms with Crippen molar-refractivity contribution in [1.29, 1.82) is 0 Å². The molecule has 18 heavy (non-hydrogen) atoms. The van der Waals surface area contributed by atoms with Gasteiger partial charge in [0.25, 0.3) is 0 Å². The van der Waals surface area contributed by atoms with Crippen LogP contribution in [-0.4, -0.2) is 54.6 Å². The SMILES string of the molecule is CC1CCN(C)CC(CCN)N1C1CCCCC1. The summed E-state index contributed by atoms with van der Waals surface area (Å²) in [5.41, 5.74) is 5.85. The van der Waals surface area contributed by atoms with Crippen molar-refractivity contribution in [2.75, 3.05) is 26.7 Å². The van der Waals surface area contributed by atoms with Gasteiger partial charge in [0, 0.05) is 24.7 Å². The Hall–Kier alpha value is -0.120. The van der Waals surface area contributed by atoms with E-state index in [1.165, 1.54) is 51.6 Å². The molecule has 0 aromatic rings. The molecule has 1 saturated carbocycles. The molecular weight excluding hydrogens is 222 g/mol. The van der Waals surface area contributed by atoms with Gasteiger partial charge < -0.3 is 10.6 Å². The lowest BCUT2D eigenvalue weighted by molar-refractivity contribution is 0.0630. The Morgan fingerprint density at radius 2 is 1.83 bits per heavy atom. The van der Waals surface area contributed by atoms with E-state index in [-0.39, 0.29) is 0 Å². The number of likely N-dealkylation sites (N-methyl/N-ethyl adjacent to an activating group) is 1. The van der Waals surface area contributed by atoms with Crippen LogP contribution in [0.2, 0.25) is 0 Å². The van der Waals surface area contributed by atoms with E-state index in [4.69, 9.17) is 5.73 Å². The summed E-state index contributed by atoms with van der Waals surface area (Å²) in [6.07, 6.45) is 9.60. The molecule has 2 fully saturated rings. The lowest BCUT2D eigenvalue weighted by atomic mass is 9.91. The molecule has 2 atom stereocenters. The minimum absolute atomic E-state index is 0.681. The molecule has 0 radical (unpaired) electrons. The largest absolute Gasteiger partial charge is 0.330 e. The topological polar surface area (TPSA) is 32.5 Å². The van der Waals surface area contributed by atoms with Gasteiger partial charge in [-0.25, -0.2) is 0 Å². The smallest absolute Gasteiger partial charge is 0.0240 e. The third kappa shape index (κ3) is 3.46. The molecule has 0 spiro atoms. The van der Waals surface area contributed by atoms with Crippen molar-refractivity contribution >= 4 is 0 Å². The van der Waals surface area contributed by atoms with E-state index in [1.54, 1.807) is 0 Å². The molecule has 1 aliphatic heterocycles. The summed E-state index contributed by atoms with van der Waals surface area (Å²) in [4.78, 5) is 5.34. The molecule has 3 nitrogen and oxygen atoms in total. The van der Waals surface area contributed by atoms with Crippen LogP contribution in [0.15, 0.2) is 0 Å². The standard InChI is InChI=1S/C15H31N3/c1-13-9-11-17(2)12-15(8-10-16)18(13)14-6-4-3-5-7-14/h13-15H,3-12,16H2,1-2H3. The molecule has 2 unspecified atom stereocenters. The maximum Gasteiger partial charge on any atom is 0.0240 e. The molecule has 0 bridgehead atoms. The highest BCUT2D eigenvalue weighted by atomic mass is 15.3. The van der Waals surface area contributed by atoms with E-state index >= 15 is 0 Å². The number of nitrogens with zero attached hydrogens (tertiary/aromatic N) is 2. The summed E-state index contributed by atoms with van der Waals surface area (Å²) < 4.78 is 0. The molecule has 1 saturated heterocycles. The molecule has 1 aliphatic carbocycles. The highest BCUT2D eigenvalue weighted by Gasteiger charge is 2.33. The van der Waals surface area contributed by atoms with E-state index in [2.05, 4.69) is 23.8 Å². The number of nitrogens with two attached hydrogens (primary N) is 1. The van der Waals surface area contributed by atoms with E-state index in [1.807, 2.05) is 0 Å². The van der Waals surface area contributed by atoms with Gasteiger partial charge in [0.2, 0.25) is 0 Å². The second-order valence-corrected chi connectivity index (χ2v) is 6.37. The van der Waals surface area contributed by atoms with E-state index in [0.29, 0.717) is 6.04 Å². The lowest BCUT2D eigenvalue weighted by Gasteiger charge is -2.42. The first kappa shape index (κ1) is 14.3. The van der Waals surface area contributed by atoms with Crippen molar-refractivity contribution in [2.24, 2.45) is 5.73 Å². The minimum atomic E-state index is 0.681. The van der Waals surface area contributed by atoms with Crippen LogP contribution in [0.25, 0.3) is 0 Å². The van der Waals surface area contributed by atoms with Gasteiger partial charge in [-0.2, -0.15) is 0 Å². The Labute approximate surface area is 113 Å². The maximum absolute atomic E-state index is 5.85. The van der Waals surface area contributed by atoms with Crippen molar-refractivity contribution in [2.45, 2.75) is 70.0 Å². The van der Waals surface area contributed by atoms with Crippen LogP contribution in [0.3, 0.4) is 0 Å². The van der Waals surface area contributed by atoms with Crippen molar-refractivity contribution in [3.8, 4) is 0 Å². The summed E-state index contributed by atoms with van der Waals surface area (Å²) in [5, 5.41) is 0. The fourth-order valence-corrected chi connectivity index (χ4v) is 3.93. The molecule has 1 heterocycles. The quantitative estimate of drug-likeness (QED) is 0.835. The minimum Gasteiger partial charge on any atom is -0.330 e. The van der Waals surface area contributed by atoms with E-state index in [0.717, 1.165) is 25.0 Å². The Morgan fingerprint density at radius 3 is 2.50 bits per heavy atom. The normalized spacial score (nSPS) is 33.5. The maximum atomic E-state index is 5.85. The molecular formula is C15H31N3. The van der Waals surface area contributed by atoms with Crippen molar-refractivity contribution in [3.63, 3.8) is 0 Å². The van der Waals surface area contributed by atoms with E-state index in [9.17, 15) is 0 Å². The van der Waals surface area contributed by atoms with Crippen LogP contribution < -0.4 is 5.73 Å². The molecule has 0 aromatic heterocycles. The Bertz CT molecular complexity index is 238. The van der Waals surface area contributed by atoms with Crippen LogP contribution in [0.1, 0.15) is 51.9 Å². The predicted octanol–water partition coefficient (Wildman–Crippen LogP) is 2.06. The first-order valence-electron chi connectivity index (χ1n) is 7.88. The Morgan fingerprint density at radius 1 is 1.11 bits per heavy atom. The number of hydrogen-bond acceptors (Lipinski definition) is 3. The fraction of sp³-hybridized carbons (Fsp3) is 1.00. The second kappa shape index (κ2) is 6.88. The lowest BCUT2D eigenvalue weighted by Crippen LogP contribution is -2.51. The number of hydrogen-bond donors (Lipinski definition) is 1. The number of rotatable bonds is 3. The van der Waals surface area contributed by atoms with Gasteiger partial charge in [0.15, 0.2) is 0 Å². The van der Waals surface area contributed by atoms with Crippen LogP contribution in [-0.2, 0) is 0 Å². The van der Waals surface area contributed by atoms with Gasteiger partial charge in [0.05, 0.1) is 0 Å². The van der Waals surface area contributed by atoms with Gasteiger partial charge in [0.1, 0.15) is 0 Å². The zero-order valence-corrected chi connectivity index (χ0v) is 12.3. The van der Waals surface area contributed by atoms with Crippen LogP contribution >= 0.6 is 0 Å². The van der Waals surface area contributed by atoms with Gasteiger partial charge in [-0.3, -0.25) is 4.90 Å². The molecule has 2 aliphatic rings. The summed E-state index contributed by atoms with van der Waals surface area (Å²) in [5.74, 6) is 0. The predicted molar refractivity (Wildman–Crippen MR) is 77.7 cm³/mol. The second-order valence-electron chi connectivity index (χ2n) is 6.37. The average Bonchev–Trinajstić information content (AvgIpc) is 2.51. The summed E-state index contributed by atoms with van der Waals surface area (Å²) in [7, 11) is 2.26. The van der Waals surface area contributed by atoms with Gasteiger partial charge >= 0.3 is 0 Å². The zero-order chi connectivity index (χ0) is 13.0. The summed E-state index contributed by atoms with van der Waals surface area (Å²) in [6.45, 7) is 5.70. The summed E-state index contributed by atoms with van der Waals surface area (Å²) >= 11 is 0. The third-order valence-corrected chi connectivity index (χ3v) is 4.88. The average molecular weight is 253 g/mol. The highest BCUT2D eigenvalue weighted by Crippen LogP contribution is 2.29. The van der Waals surface area contributed by atoms with E-state index < -0.39 is 0 Å². The highest BCUT2D eigenvalue weighted by molar-refractivity contribution is 4.89. The first-order valence-corrected chi connectivity index (χ1v) is 7.88.